The van der Waals surface area contributed by atoms with Crippen molar-refractivity contribution >= 4 is 21.9 Å². The molecule has 0 amide bonds. The van der Waals surface area contributed by atoms with E-state index in [1.54, 1.807) is 0 Å². The first-order chi connectivity index (χ1) is 9.09. The normalized spacial score (nSPS) is 12.1. The third kappa shape index (κ3) is 1.85. The molecule has 98 valence electrons. The van der Waals surface area contributed by atoms with Crippen LogP contribution in [0.5, 0.6) is 0 Å². The monoisotopic (exact) mass is 252 g/mol. The van der Waals surface area contributed by atoms with Gasteiger partial charge in [-0.1, -0.05) is 52.0 Å². The Kier molecular flexibility index (Phi) is 2.85. The molecule has 0 bridgehead atoms. The van der Waals surface area contributed by atoms with Crippen LogP contribution in [-0.4, -0.2) is 0 Å². The number of furan rings is 1. The summed E-state index contributed by atoms with van der Waals surface area (Å²) in [5, 5.41) is 2.54. The molecule has 2 aromatic carbocycles. The minimum absolute atomic E-state index is 0.502. The fourth-order valence-corrected chi connectivity index (χ4v) is 2.98. The van der Waals surface area contributed by atoms with E-state index in [2.05, 4.69) is 58.0 Å². The molecule has 0 fully saturated rings. The number of rotatable bonds is 2. The maximum absolute atomic E-state index is 5.98. The summed E-state index contributed by atoms with van der Waals surface area (Å²) in [6, 6.07) is 12.7. The molecular weight excluding hydrogens is 232 g/mol. The van der Waals surface area contributed by atoms with Crippen molar-refractivity contribution in [3.05, 3.63) is 47.5 Å². The second-order valence-electron chi connectivity index (χ2n) is 5.85. The van der Waals surface area contributed by atoms with Crippen LogP contribution < -0.4 is 0 Å². The first-order valence-corrected chi connectivity index (χ1v) is 7.03. The number of hydrogen-bond donors (Lipinski definition) is 0. The Bertz CT molecular complexity index is 732. The molecule has 0 aliphatic heterocycles. The van der Waals surface area contributed by atoms with Crippen LogP contribution in [0.15, 0.2) is 40.8 Å². The Balaban J connectivity index is 2.50. The van der Waals surface area contributed by atoms with Gasteiger partial charge in [-0.3, -0.25) is 0 Å². The van der Waals surface area contributed by atoms with Gasteiger partial charge >= 0.3 is 0 Å². The highest BCUT2D eigenvalue weighted by atomic mass is 16.3. The summed E-state index contributed by atoms with van der Waals surface area (Å²) in [5.41, 5.74) is 4.88. The predicted molar refractivity (Wildman–Crippen MR) is 81.9 cm³/mol. The summed E-state index contributed by atoms with van der Waals surface area (Å²) in [7, 11) is 0. The molecule has 1 aromatic heterocycles. The second kappa shape index (κ2) is 4.41. The van der Waals surface area contributed by atoms with Crippen molar-refractivity contribution in [2.45, 2.75) is 39.5 Å². The van der Waals surface area contributed by atoms with Gasteiger partial charge in [0, 0.05) is 10.8 Å². The summed E-state index contributed by atoms with van der Waals surface area (Å²) in [6.07, 6.45) is 0. The van der Waals surface area contributed by atoms with E-state index in [4.69, 9.17) is 4.42 Å². The van der Waals surface area contributed by atoms with Crippen LogP contribution in [0.25, 0.3) is 21.9 Å². The summed E-state index contributed by atoms with van der Waals surface area (Å²) in [5.74, 6) is 1.04. The minimum Gasteiger partial charge on any atom is -0.456 e. The Hall–Kier alpha value is -1.76. The Morgan fingerprint density at radius 2 is 1.53 bits per heavy atom. The van der Waals surface area contributed by atoms with Gasteiger partial charge < -0.3 is 4.42 Å². The molecule has 3 rings (SSSR count). The van der Waals surface area contributed by atoms with E-state index < -0.39 is 0 Å². The summed E-state index contributed by atoms with van der Waals surface area (Å²) in [4.78, 5) is 0. The van der Waals surface area contributed by atoms with Gasteiger partial charge in [0.15, 0.2) is 0 Å². The first-order valence-electron chi connectivity index (χ1n) is 7.03. The molecule has 0 spiro atoms. The molecular formula is C18H20O. The molecule has 0 unspecified atom stereocenters. The van der Waals surface area contributed by atoms with Gasteiger partial charge in [-0.2, -0.15) is 0 Å². The van der Waals surface area contributed by atoms with Crippen molar-refractivity contribution in [3.8, 4) is 0 Å². The van der Waals surface area contributed by atoms with E-state index in [9.17, 15) is 0 Å². The van der Waals surface area contributed by atoms with Crippen LogP contribution in [0.2, 0.25) is 0 Å². The molecule has 0 N–H and O–H groups in total. The highest BCUT2D eigenvalue weighted by molar-refractivity contribution is 6.07. The molecule has 0 radical (unpaired) electrons. The van der Waals surface area contributed by atoms with Crippen LogP contribution in [-0.2, 0) is 0 Å². The molecule has 1 nitrogen and oxygen atoms in total. The lowest BCUT2D eigenvalue weighted by atomic mass is 9.87. The molecule has 3 aromatic rings. The SMILES string of the molecule is CC(C)c1ccc2oc3ccccc3c2c1C(C)C. The van der Waals surface area contributed by atoms with E-state index in [0.717, 1.165) is 11.2 Å². The lowest BCUT2D eigenvalue weighted by Crippen LogP contribution is -1.99. The van der Waals surface area contributed by atoms with Crippen LogP contribution >= 0.6 is 0 Å². The van der Waals surface area contributed by atoms with Gasteiger partial charge in [-0.25, -0.2) is 0 Å². The van der Waals surface area contributed by atoms with Gasteiger partial charge in [0.2, 0.25) is 0 Å². The van der Waals surface area contributed by atoms with E-state index >= 15 is 0 Å². The summed E-state index contributed by atoms with van der Waals surface area (Å²) in [6.45, 7) is 9.05. The van der Waals surface area contributed by atoms with E-state index in [1.165, 1.54) is 21.9 Å². The topological polar surface area (TPSA) is 13.1 Å². The van der Waals surface area contributed by atoms with Crippen molar-refractivity contribution in [2.75, 3.05) is 0 Å². The zero-order valence-corrected chi connectivity index (χ0v) is 12.0. The Labute approximate surface area is 114 Å². The maximum Gasteiger partial charge on any atom is 0.135 e. The average Bonchev–Trinajstić information content (AvgIpc) is 2.75. The van der Waals surface area contributed by atoms with E-state index in [0.29, 0.717) is 11.8 Å². The average molecular weight is 252 g/mol. The highest BCUT2D eigenvalue weighted by Gasteiger charge is 2.18. The fourth-order valence-electron chi connectivity index (χ4n) is 2.98. The van der Waals surface area contributed by atoms with Crippen molar-refractivity contribution in [1.29, 1.82) is 0 Å². The Morgan fingerprint density at radius 1 is 0.789 bits per heavy atom. The quantitative estimate of drug-likeness (QED) is 0.559. The van der Waals surface area contributed by atoms with E-state index in [1.807, 2.05) is 6.07 Å². The summed E-state index contributed by atoms with van der Waals surface area (Å²) >= 11 is 0. The largest absolute Gasteiger partial charge is 0.456 e. The third-order valence-electron chi connectivity index (χ3n) is 3.82. The number of para-hydroxylation sites is 1. The van der Waals surface area contributed by atoms with Crippen LogP contribution in [0, 0.1) is 0 Å². The maximum atomic E-state index is 5.98. The Morgan fingerprint density at radius 3 is 2.21 bits per heavy atom. The fraction of sp³-hybridized carbons (Fsp3) is 0.333. The van der Waals surface area contributed by atoms with Crippen molar-refractivity contribution < 1.29 is 4.42 Å². The van der Waals surface area contributed by atoms with Crippen molar-refractivity contribution in [2.24, 2.45) is 0 Å². The van der Waals surface area contributed by atoms with Crippen LogP contribution in [0.3, 0.4) is 0 Å². The predicted octanol–water partition coefficient (Wildman–Crippen LogP) is 5.83. The number of fused-ring (bicyclic) bond motifs is 3. The molecule has 0 aliphatic rings. The van der Waals surface area contributed by atoms with Gasteiger partial charge in [0.1, 0.15) is 11.2 Å². The van der Waals surface area contributed by atoms with Crippen LogP contribution in [0.1, 0.15) is 50.7 Å². The third-order valence-corrected chi connectivity index (χ3v) is 3.82. The first kappa shape index (κ1) is 12.3. The molecule has 1 heteroatoms. The molecule has 0 saturated carbocycles. The molecule has 1 heterocycles. The zero-order chi connectivity index (χ0) is 13.6. The highest BCUT2D eigenvalue weighted by Crippen LogP contribution is 2.38. The minimum atomic E-state index is 0.502. The van der Waals surface area contributed by atoms with Gasteiger partial charge in [0.05, 0.1) is 0 Å². The van der Waals surface area contributed by atoms with Gasteiger partial charge in [-0.05, 0) is 35.1 Å². The van der Waals surface area contributed by atoms with Gasteiger partial charge in [0.25, 0.3) is 0 Å². The molecule has 0 saturated heterocycles. The lowest BCUT2D eigenvalue weighted by molar-refractivity contribution is 0.667. The van der Waals surface area contributed by atoms with Crippen molar-refractivity contribution in [3.63, 3.8) is 0 Å². The summed E-state index contributed by atoms with van der Waals surface area (Å²) < 4.78 is 5.98. The van der Waals surface area contributed by atoms with E-state index in [-0.39, 0.29) is 0 Å². The smallest absolute Gasteiger partial charge is 0.135 e. The van der Waals surface area contributed by atoms with Gasteiger partial charge in [-0.15, -0.1) is 0 Å². The lowest BCUT2D eigenvalue weighted by Gasteiger charge is -2.17. The second-order valence-corrected chi connectivity index (χ2v) is 5.85. The molecule has 0 aliphatic carbocycles. The standard InChI is InChI=1S/C18H20O/c1-11(2)13-9-10-16-18(17(13)12(3)4)14-7-5-6-8-15(14)19-16/h5-12H,1-4H3. The number of hydrogen-bond acceptors (Lipinski definition) is 1. The number of benzene rings is 2. The van der Waals surface area contributed by atoms with Crippen molar-refractivity contribution in [1.82, 2.24) is 0 Å². The zero-order valence-electron chi connectivity index (χ0n) is 12.0. The molecule has 19 heavy (non-hydrogen) atoms. The van der Waals surface area contributed by atoms with Crippen LogP contribution in [0.4, 0.5) is 0 Å². The molecule has 0 atom stereocenters.